The number of hydrogen-bond acceptors (Lipinski definition) is 3. The monoisotopic (exact) mass is 347 g/mol. The number of aryl methyl sites for hydroxylation is 1. The maximum Gasteiger partial charge on any atom is 0.267 e. The zero-order valence-electron chi connectivity index (χ0n) is 15.5. The van der Waals surface area contributed by atoms with E-state index in [0.717, 1.165) is 55.4 Å². The molecule has 0 unspecified atom stereocenters. The first-order chi connectivity index (χ1) is 12.7. The minimum Gasteiger partial charge on any atom is -0.342 e. The highest BCUT2D eigenvalue weighted by Crippen LogP contribution is 2.24. The summed E-state index contributed by atoms with van der Waals surface area (Å²) in [5, 5.41) is 0.668. The Hall–Kier alpha value is -2.62. The molecule has 1 aliphatic heterocycles. The van der Waals surface area contributed by atoms with Crippen LogP contribution in [-0.4, -0.2) is 22.6 Å². The molecule has 1 saturated heterocycles. The summed E-state index contributed by atoms with van der Waals surface area (Å²) in [6.07, 6.45) is 3.26. The highest BCUT2D eigenvalue weighted by molar-refractivity contribution is 5.79. The molecule has 4 heteroatoms. The molecule has 4 nitrogen and oxygen atoms in total. The summed E-state index contributed by atoms with van der Waals surface area (Å²) in [6.45, 7) is 6.32. The summed E-state index contributed by atoms with van der Waals surface area (Å²) in [6, 6.07) is 15.9. The smallest absolute Gasteiger partial charge is 0.267 e. The average molecular weight is 347 g/mol. The Balaban J connectivity index is 1.91. The number of aromatic nitrogens is 2. The predicted molar refractivity (Wildman–Crippen MR) is 107 cm³/mol. The maximum atomic E-state index is 13.3. The van der Waals surface area contributed by atoms with E-state index < -0.39 is 0 Å². The Morgan fingerprint density at radius 3 is 2.42 bits per heavy atom. The van der Waals surface area contributed by atoms with Crippen LogP contribution < -0.4 is 10.5 Å². The number of hydrogen-bond donors (Lipinski definition) is 0. The van der Waals surface area contributed by atoms with Crippen molar-refractivity contribution in [2.45, 2.75) is 33.1 Å². The molecule has 2 aromatic carbocycles. The Labute approximate surface area is 154 Å². The molecule has 0 radical (unpaired) electrons. The van der Waals surface area contributed by atoms with Crippen molar-refractivity contribution >= 4 is 16.9 Å². The molecule has 1 aliphatic rings. The van der Waals surface area contributed by atoms with Gasteiger partial charge in [0.1, 0.15) is 0 Å². The van der Waals surface area contributed by atoms with Gasteiger partial charge in [-0.1, -0.05) is 38.1 Å². The van der Waals surface area contributed by atoms with E-state index in [4.69, 9.17) is 4.98 Å². The predicted octanol–water partition coefficient (Wildman–Crippen LogP) is 4.18. The van der Waals surface area contributed by atoms with Gasteiger partial charge in [-0.2, -0.15) is 0 Å². The fraction of sp³-hybridized carbons (Fsp3) is 0.364. The number of rotatable bonds is 3. The molecule has 4 rings (SSSR count). The van der Waals surface area contributed by atoms with Crippen LogP contribution in [0.2, 0.25) is 0 Å². The molecule has 0 aliphatic carbocycles. The van der Waals surface area contributed by atoms with Crippen molar-refractivity contribution in [3.8, 4) is 5.69 Å². The molecule has 3 aromatic rings. The molecule has 0 bridgehead atoms. The molecular formula is C22H25N3O. The van der Waals surface area contributed by atoms with Crippen molar-refractivity contribution < 1.29 is 0 Å². The van der Waals surface area contributed by atoms with E-state index in [0.29, 0.717) is 5.39 Å². The Bertz CT molecular complexity index is 967. The standard InChI is InChI=1S/C22H25N3O/c1-3-17-8-10-18(11-9-17)25-21(26)19-6-4-5-7-20(19)23-22(25)24-14-12-16(2)13-15-24/h4-11,16H,3,12-15H2,1-2H3. The van der Waals surface area contributed by atoms with Crippen LogP contribution in [0.15, 0.2) is 53.3 Å². The first-order valence-corrected chi connectivity index (χ1v) is 9.53. The summed E-state index contributed by atoms with van der Waals surface area (Å²) >= 11 is 0. The topological polar surface area (TPSA) is 38.1 Å². The Morgan fingerprint density at radius 2 is 1.73 bits per heavy atom. The van der Waals surface area contributed by atoms with Crippen molar-refractivity contribution in [3.05, 3.63) is 64.4 Å². The van der Waals surface area contributed by atoms with E-state index in [1.807, 2.05) is 36.4 Å². The maximum absolute atomic E-state index is 13.3. The fourth-order valence-corrected chi connectivity index (χ4v) is 3.66. The van der Waals surface area contributed by atoms with E-state index in [9.17, 15) is 4.79 Å². The number of fused-ring (bicyclic) bond motifs is 1. The van der Waals surface area contributed by atoms with Crippen molar-refractivity contribution in [2.75, 3.05) is 18.0 Å². The van der Waals surface area contributed by atoms with Gasteiger partial charge in [0.25, 0.3) is 5.56 Å². The highest BCUT2D eigenvalue weighted by Gasteiger charge is 2.22. The SMILES string of the molecule is CCc1ccc(-n2c(N3CCC(C)CC3)nc3ccccc3c2=O)cc1. The molecule has 134 valence electrons. The van der Waals surface area contributed by atoms with Gasteiger partial charge in [-0.3, -0.25) is 4.79 Å². The van der Waals surface area contributed by atoms with E-state index in [1.165, 1.54) is 5.56 Å². The van der Waals surface area contributed by atoms with E-state index in [2.05, 4.69) is 30.9 Å². The van der Waals surface area contributed by atoms with Crippen LogP contribution in [0.3, 0.4) is 0 Å². The number of para-hydroxylation sites is 1. The summed E-state index contributed by atoms with van der Waals surface area (Å²) in [5.41, 5.74) is 2.93. The summed E-state index contributed by atoms with van der Waals surface area (Å²) in [4.78, 5) is 20.5. The average Bonchev–Trinajstić information content (AvgIpc) is 2.69. The van der Waals surface area contributed by atoms with E-state index >= 15 is 0 Å². The zero-order valence-corrected chi connectivity index (χ0v) is 15.5. The second-order valence-corrected chi connectivity index (χ2v) is 7.26. The van der Waals surface area contributed by atoms with Gasteiger partial charge in [-0.05, 0) is 55.0 Å². The Morgan fingerprint density at radius 1 is 1.04 bits per heavy atom. The largest absolute Gasteiger partial charge is 0.342 e. The van der Waals surface area contributed by atoms with Crippen LogP contribution in [0.4, 0.5) is 5.95 Å². The first-order valence-electron chi connectivity index (χ1n) is 9.53. The molecular weight excluding hydrogens is 322 g/mol. The van der Waals surface area contributed by atoms with E-state index in [1.54, 1.807) is 4.57 Å². The molecule has 26 heavy (non-hydrogen) atoms. The lowest BCUT2D eigenvalue weighted by molar-refractivity contribution is 0.433. The minimum absolute atomic E-state index is 0.00784. The summed E-state index contributed by atoms with van der Waals surface area (Å²) in [5.74, 6) is 1.50. The van der Waals surface area contributed by atoms with Gasteiger partial charge < -0.3 is 4.90 Å². The number of anilines is 1. The quantitative estimate of drug-likeness (QED) is 0.713. The van der Waals surface area contributed by atoms with Crippen molar-refractivity contribution in [2.24, 2.45) is 5.92 Å². The van der Waals surface area contributed by atoms with E-state index in [-0.39, 0.29) is 5.56 Å². The third-order valence-corrected chi connectivity index (χ3v) is 5.43. The van der Waals surface area contributed by atoms with Gasteiger partial charge in [0.2, 0.25) is 5.95 Å². The van der Waals surface area contributed by atoms with Gasteiger partial charge >= 0.3 is 0 Å². The molecule has 1 fully saturated rings. The molecule has 0 atom stereocenters. The summed E-state index contributed by atoms with van der Waals surface area (Å²) in [7, 11) is 0. The molecule has 0 saturated carbocycles. The second-order valence-electron chi connectivity index (χ2n) is 7.26. The Kier molecular flexibility index (Phi) is 4.49. The van der Waals surface area contributed by atoms with Gasteiger partial charge in [0.05, 0.1) is 16.6 Å². The lowest BCUT2D eigenvalue weighted by Gasteiger charge is -2.32. The van der Waals surface area contributed by atoms with Crippen LogP contribution in [0.25, 0.3) is 16.6 Å². The molecule has 0 N–H and O–H groups in total. The van der Waals surface area contributed by atoms with Crippen LogP contribution in [-0.2, 0) is 6.42 Å². The summed E-state index contributed by atoms with van der Waals surface area (Å²) < 4.78 is 1.79. The van der Waals surface area contributed by atoms with Crippen molar-refractivity contribution in [3.63, 3.8) is 0 Å². The van der Waals surface area contributed by atoms with Gasteiger partial charge in [0.15, 0.2) is 0 Å². The fourth-order valence-electron chi connectivity index (χ4n) is 3.66. The zero-order chi connectivity index (χ0) is 18.1. The number of piperidine rings is 1. The third kappa shape index (κ3) is 3.00. The number of benzene rings is 2. The molecule has 0 spiro atoms. The van der Waals surface area contributed by atoms with Crippen LogP contribution >= 0.6 is 0 Å². The van der Waals surface area contributed by atoms with Crippen molar-refractivity contribution in [1.29, 1.82) is 0 Å². The lowest BCUT2D eigenvalue weighted by Crippen LogP contribution is -2.38. The molecule has 0 amide bonds. The van der Waals surface area contributed by atoms with Gasteiger partial charge in [-0.25, -0.2) is 9.55 Å². The minimum atomic E-state index is 0.00784. The van der Waals surface area contributed by atoms with Crippen LogP contribution in [0, 0.1) is 5.92 Å². The lowest BCUT2D eigenvalue weighted by atomic mass is 9.99. The molecule has 2 heterocycles. The molecule has 1 aromatic heterocycles. The third-order valence-electron chi connectivity index (χ3n) is 5.43. The van der Waals surface area contributed by atoms with Crippen LogP contribution in [0.1, 0.15) is 32.3 Å². The van der Waals surface area contributed by atoms with Gasteiger partial charge in [-0.15, -0.1) is 0 Å². The second kappa shape index (κ2) is 6.94. The number of nitrogens with zero attached hydrogens (tertiary/aromatic N) is 3. The van der Waals surface area contributed by atoms with Crippen molar-refractivity contribution in [1.82, 2.24) is 9.55 Å². The normalized spacial score (nSPS) is 15.5. The van der Waals surface area contributed by atoms with Crippen LogP contribution in [0.5, 0.6) is 0 Å². The highest BCUT2D eigenvalue weighted by atomic mass is 16.1. The van der Waals surface area contributed by atoms with Gasteiger partial charge in [0, 0.05) is 13.1 Å². The first kappa shape index (κ1) is 16.8.